The van der Waals surface area contributed by atoms with Crippen molar-refractivity contribution in [1.29, 1.82) is 0 Å². The van der Waals surface area contributed by atoms with E-state index in [2.05, 4.69) is 79.5 Å². The fraction of sp³-hybridized carbons (Fsp3) is 0.455. The van der Waals surface area contributed by atoms with Gasteiger partial charge < -0.3 is 4.90 Å². The molecule has 0 aromatic heterocycles. The molecular formula is C22H27N3S. The number of aliphatic imine (C=N–C) groups is 2. The molecule has 0 aromatic carbocycles. The van der Waals surface area contributed by atoms with E-state index in [0.717, 1.165) is 25.8 Å². The molecule has 0 saturated carbocycles. The van der Waals surface area contributed by atoms with E-state index in [9.17, 15) is 0 Å². The van der Waals surface area contributed by atoms with Gasteiger partial charge in [-0.1, -0.05) is 49.1 Å². The molecule has 0 fully saturated rings. The summed E-state index contributed by atoms with van der Waals surface area (Å²) in [5.74, 6) is 0. The third-order valence-corrected chi connectivity index (χ3v) is 7.64. The highest BCUT2D eigenvalue weighted by Gasteiger charge is 2.65. The van der Waals surface area contributed by atoms with Gasteiger partial charge in [-0.25, -0.2) is 0 Å². The van der Waals surface area contributed by atoms with Crippen LogP contribution >= 0.6 is 11.8 Å². The Morgan fingerprint density at radius 2 is 2.12 bits per heavy atom. The summed E-state index contributed by atoms with van der Waals surface area (Å²) < 4.78 is 0. The molecule has 3 nitrogen and oxygen atoms in total. The van der Waals surface area contributed by atoms with Gasteiger partial charge in [0.25, 0.3) is 0 Å². The lowest BCUT2D eigenvalue weighted by molar-refractivity contribution is 0.0819. The van der Waals surface area contributed by atoms with Gasteiger partial charge in [0.15, 0.2) is 0 Å². The number of nitrogens with zero attached hydrogens (tertiary/aromatic N) is 3. The zero-order chi connectivity index (χ0) is 18.3. The summed E-state index contributed by atoms with van der Waals surface area (Å²) in [5, 5.41) is 0. The van der Waals surface area contributed by atoms with Gasteiger partial charge >= 0.3 is 0 Å². The summed E-state index contributed by atoms with van der Waals surface area (Å²) >= 11 is 1.71. The lowest BCUT2D eigenvalue weighted by Gasteiger charge is -2.53. The quantitative estimate of drug-likeness (QED) is 0.649. The first-order valence-corrected chi connectivity index (χ1v) is 10.4. The monoisotopic (exact) mass is 365 g/mol. The van der Waals surface area contributed by atoms with E-state index in [-0.39, 0.29) is 16.4 Å². The molecule has 0 N–H and O–H groups in total. The van der Waals surface area contributed by atoms with Crippen molar-refractivity contribution in [1.82, 2.24) is 4.90 Å². The van der Waals surface area contributed by atoms with Crippen molar-refractivity contribution in [2.45, 2.75) is 45.6 Å². The summed E-state index contributed by atoms with van der Waals surface area (Å²) in [5.41, 5.74) is 2.97. The Balaban J connectivity index is 1.85. The molecule has 4 heteroatoms. The fourth-order valence-electron chi connectivity index (χ4n) is 5.12. The van der Waals surface area contributed by atoms with Crippen LogP contribution in [0.2, 0.25) is 0 Å². The third-order valence-electron chi connectivity index (χ3n) is 6.74. The van der Waals surface area contributed by atoms with Crippen LogP contribution in [0, 0.1) is 10.8 Å². The van der Waals surface area contributed by atoms with Crippen molar-refractivity contribution in [3.05, 3.63) is 60.0 Å². The standard InChI is InChI=1S/C22H27N3S/c1-4-18-7-10-21(5-2,9-6-13-23-17-26-18)22-11-8-19-20(22,3)25(15-12-22)16-14-24-19/h4,7-8,10-12,14-17H,5-6,9,13H2,1-3H3/b10-7-,18-4-,23-17-. The minimum atomic E-state index is -0.140. The van der Waals surface area contributed by atoms with E-state index in [1.807, 2.05) is 11.7 Å². The Bertz CT molecular complexity index is 800. The zero-order valence-corrected chi connectivity index (χ0v) is 16.7. The summed E-state index contributed by atoms with van der Waals surface area (Å²) in [6.45, 7) is 7.67. The number of hydrogen-bond acceptors (Lipinski definition) is 4. The molecule has 136 valence electrons. The maximum absolute atomic E-state index is 4.72. The van der Waals surface area contributed by atoms with E-state index in [0.29, 0.717) is 0 Å². The first-order valence-electron chi connectivity index (χ1n) is 9.54. The molecule has 3 heterocycles. The van der Waals surface area contributed by atoms with Gasteiger partial charge in [-0.15, -0.1) is 0 Å². The van der Waals surface area contributed by atoms with E-state index in [4.69, 9.17) is 4.99 Å². The van der Waals surface area contributed by atoms with Crippen LogP contribution in [0.1, 0.15) is 40.0 Å². The van der Waals surface area contributed by atoms with Crippen LogP contribution in [0.25, 0.3) is 0 Å². The average Bonchev–Trinajstić information content (AvgIpc) is 3.15. The minimum Gasteiger partial charge on any atom is -0.340 e. The van der Waals surface area contributed by atoms with Gasteiger partial charge in [0, 0.05) is 40.9 Å². The van der Waals surface area contributed by atoms with Crippen LogP contribution in [0.5, 0.6) is 0 Å². The van der Waals surface area contributed by atoms with Crippen LogP contribution in [0.4, 0.5) is 0 Å². The molecule has 0 bridgehead atoms. The predicted molar refractivity (Wildman–Crippen MR) is 113 cm³/mol. The lowest BCUT2D eigenvalue weighted by atomic mass is 9.53. The van der Waals surface area contributed by atoms with Crippen molar-refractivity contribution in [3.8, 4) is 0 Å². The second-order valence-corrected chi connectivity index (χ2v) is 8.50. The summed E-state index contributed by atoms with van der Waals surface area (Å²) in [7, 11) is 0. The molecule has 1 aliphatic carbocycles. The number of thioether (sulfide) groups is 1. The van der Waals surface area contributed by atoms with E-state index < -0.39 is 0 Å². The summed E-state index contributed by atoms with van der Waals surface area (Å²) in [6, 6.07) is 0. The van der Waals surface area contributed by atoms with Gasteiger partial charge in [-0.3, -0.25) is 9.98 Å². The van der Waals surface area contributed by atoms with E-state index >= 15 is 0 Å². The minimum absolute atomic E-state index is 0.0353. The second-order valence-electron chi connectivity index (χ2n) is 7.58. The Hall–Kier alpha value is -1.81. The average molecular weight is 366 g/mol. The molecule has 3 unspecified atom stereocenters. The molecule has 4 aliphatic rings. The maximum Gasteiger partial charge on any atom is 0.0966 e. The first-order chi connectivity index (χ1) is 12.6. The topological polar surface area (TPSA) is 28.0 Å². The van der Waals surface area contributed by atoms with Crippen LogP contribution in [0.3, 0.4) is 0 Å². The smallest absolute Gasteiger partial charge is 0.0966 e. The van der Waals surface area contributed by atoms with Crippen molar-refractivity contribution in [2.75, 3.05) is 6.54 Å². The van der Waals surface area contributed by atoms with Gasteiger partial charge in [0.1, 0.15) is 0 Å². The lowest BCUT2D eigenvalue weighted by Crippen LogP contribution is -2.58. The Morgan fingerprint density at radius 1 is 1.23 bits per heavy atom. The largest absolute Gasteiger partial charge is 0.340 e. The molecule has 0 amide bonds. The van der Waals surface area contributed by atoms with Crippen molar-refractivity contribution in [3.63, 3.8) is 0 Å². The van der Waals surface area contributed by atoms with Gasteiger partial charge in [0.2, 0.25) is 0 Å². The maximum atomic E-state index is 4.72. The molecule has 0 saturated heterocycles. The highest BCUT2D eigenvalue weighted by Crippen LogP contribution is 2.63. The van der Waals surface area contributed by atoms with Crippen LogP contribution in [-0.4, -0.2) is 28.2 Å². The highest BCUT2D eigenvalue weighted by molar-refractivity contribution is 8.15. The van der Waals surface area contributed by atoms with Crippen molar-refractivity contribution in [2.24, 2.45) is 20.8 Å². The van der Waals surface area contributed by atoms with Gasteiger partial charge in [-0.05, 0) is 39.2 Å². The van der Waals surface area contributed by atoms with Crippen molar-refractivity contribution < 1.29 is 0 Å². The number of hydrogen-bond donors (Lipinski definition) is 0. The van der Waals surface area contributed by atoms with Crippen molar-refractivity contribution >= 4 is 23.0 Å². The molecule has 3 atom stereocenters. The molecule has 0 radical (unpaired) electrons. The predicted octanol–water partition coefficient (Wildman–Crippen LogP) is 5.47. The highest BCUT2D eigenvalue weighted by atomic mass is 32.2. The Kier molecular flexibility index (Phi) is 4.34. The molecule has 3 aliphatic heterocycles. The third kappa shape index (κ3) is 2.21. The zero-order valence-electron chi connectivity index (χ0n) is 15.9. The molecule has 4 rings (SSSR count). The normalized spacial score (nSPS) is 42.0. The molecule has 26 heavy (non-hydrogen) atoms. The van der Waals surface area contributed by atoms with Crippen LogP contribution in [0.15, 0.2) is 69.9 Å². The van der Waals surface area contributed by atoms with Gasteiger partial charge in [-0.2, -0.15) is 0 Å². The Labute approximate surface area is 161 Å². The summed E-state index contributed by atoms with van der Waals surface area (Å²) in [6.07, 6.45) is 23.6. The van der Waals surface area contributed by atoms with E-state index in [1.54, 1.807) is 11.8 Å². The SMILES string of the molecule is C/C=C1/C=C\C(CC)(C23C=CC4=NC=CN(C=C2)C43C)CCC/N=C\S1. The van der Waals surface area contributed by atoms with Gasteiger partial charge in [0.05, 0.1) is 16.8 Å². The summed E-state index contributed by atoms with van der Waals surface area (Å²) in [4.78, 5) is 12.9. The molecular weight excluding hydrogens is 338 g/mol. The van der Waals surface area contributed by atoms with E-state index in [1.165, 1.54) is 10.6 Å². The number of allylic oxidation sites excluding steroid dienone is 3. The molecule has 0 aromatic rings. The van der Waals surface area contributed by atoms with Crippen LogP contribution in [-0.2, 0) is 0 Å². The van der Waals surface area contributed by atoms with Crippen LogP contribution < -0.4 is 0 Å². The fourth-order valence-corrected chi connectivity index (χ4v) is 5.71. The number of rotatable bonds is 2. The Morgan fingerprint density at radius 3 is 2.92 bits per heavy atom. The molecule has 0 spiro atoms. The first kappa shape index (κ1) is 17.6. The second kappa shape index (κ2) is 6.41.